The van der Waals surface area contributed by atoms with Crippen molar-refractivity contribution in [2.75, 3.05) is 12.4 Å². The summed E-state index contributed by atoms with van der Waals surface area (Å²) in [6, 6.07) is 6.26. The van der Waals surface area contributed by atoms with Gasteiger partial charge in [0, 0.05) is 15.3 Å². The molecule has 0 bridgehead atoms. The van der Waals surface area contributed by atoms with Gasteiger partial charge in [-0.25, -0.2) is 9.59 Å². The van der Waals surface area contributed by atoms with Crippen LogP contribution in [0.1, 0.15) is 64.8 Å². The van der Waals surface area contributed by atoms with Crippen LogP contribution in [0.25, 0.3) is 11.0 Å². The third-order valence-electron chi connectivity index (χ3n) is 6.84. The number of esters is 1. The molecule has 1 aromatic carbocycles. The minimum absolute atomic E-state index is 0.156. The van der Waals surface area contributed by atoms with E-state index in [4.69, 9.17) is 20.8 Å². The molecule has 0 fully saturated rings. The maximum Gasteiger partial charge on any atom is 0.349 e. The summed E-state index contributed by atoms with van der Waals surface area (Å²) in [7, 11) is 1.32. The highest BCUT2D eigenvalue weighted by Crippen LogP contribution is 2.45. The minimum atomic E-state index is -0.756. The normalized spacial score (nSPS) is 15.8. The highest BCUT2D eigenvalue weighted by atomic mass is 35.5. The van der Waals surface area contributed by atoms with Crippen LogP contribution in [0.2, 0.25) is 5.02 Å². The SMILES string of the molecule is CCC(C)(C)[C@H]1CCc2c(sc(NC(=O)c3cc4cc(Cl)ccc4oc3=O)c2C(=O)OC)C1. The number of nitrogens with one attached hydrogen (secondary N) is 1. The second kappa shape index (κ2) is 8.95. The number of methoxy groups -OCH3 is 1. The summed E-state index contributed by atoms with van der Waals surface area (Å²) < 4.78 is 10.3. The van der Waals surface area contributed by atoms with E-state index in [1.807, 2.05) is 0 Å². The van der Waals surface area contributed by atoms with E-state index < -0.39 is 17.5 Å². The average Bonchev–Trinajstić information content (AvgIpc) is 3.15. The van der Waals surface area contributed by atoms with Crippen LogP contribution < -0.4 is 10.9 Å². The van der Waals surface area contributed by atoms with Crippen LogP contribution in [0.15, 0.2) is 33.5 Å². The predicted molar refractivity (Wildman–Crippen MR) is 131 cm³/mol. The Kier molecular flexibility index (Phi) is 6.38. The fourth-order valence-electron chi connectivity index (χ4n) is 4.37. The number of rotatable bonds is 5. The lowest BCUT2D eigenvalue weighted by Crippen LogP contribution is -2.28. The molecule has 1 aliphatic carbocycles. The smallest absolute Gasteiger partial charge is 0.349 e. The quantitative estimate of drug-likeness (QED) is 0.347. The van der Waals surface area contributed by atoms with Crippen molar-refractivity contribution in [3.05, 3.63) is 61.3 Å². The van der Waals surface area contributed by atoms with Gasteiger partial charge in [0.15, 0.2) is 0 Å². The Labute approximate surface area is 200 Å². The summed E-state index contributed by atoms with van der Waals surface area (Å²) in [6.07, 6.45) is 3.62. The fraction of sp³-hybridized carbons (Fsp3) is 0.400. The Bertz CT molecular complexity index is 1310. The molecule has 1 amide bonds. The molecule has 1 atom stereocenters. The van der Waals surface area contributed by atoms with Crippen molar-refractivity contribution in [2.45, 2.75) is 46.5 Å². The zero-order valence-corrected chi connectivity index (χ0v) is 20.6. The molecule has 0 spiro atoms. The molecule has 4 rings (SSSR count). The van der Waals surface area contributed by atoms with Crippen molar-refractivity contribution in [2.24, 2.45) is 11.3 Å². The number of thiophene rings is 1. The molecule has 0 saturated carbocycles. The third-order valence-corrected chi connectivity index (χ3v) is 8.24. The van der Waals surface area contributed by atoms with Crippen LogP contribution in [-0.4, -0.2) is 19.0 Å². The first kappa shape index (κ1) is 23.5. The minimum Gasteiger partial charge on any atom is -0.465 e. The summed E-state index contributed by atoms with van der Waals surface area (Å²) in [5, 5.41) is 4.17. The first-order chi connectivity index (χ1) is 15.6. The van der Waals surface area contributed by atoms with E-state index in [1.165, 1.54) is 24.5 Å². The van der Waals surface area contributed by atoms with Gasteiger partial charge in [0.25, 0.3) is 5.91 Å². The van der Waals surface area contributed by atoms with Crippen molar-refractivity contribution < 1.29 is 18.7 Å². The van der Waals surface area contributed by atoms with Gasteiger partial charge in [0.2, 0.25) is 0 Å². The Morgan fingerprint density at radius 1 is 1.30 bits per heavy atom. The second-order valence-electron chi connectivity index (χ2n) is 9.07. The van der Waals surface area contributed by atoms with E-state index >= 15 is 0 Å². The molecule has 2 aromatic heterocycles. The van der Waals surface area contributed by atoms with Crippen LogP contribution in [0.4, 0.5) is 5.00 Å². The summed E-state index contributed by atoms with van der Waals surface area (Å²) in [4.78, 5) is 39.2. The number of carbonyl (C=O) groups excluding carboxylic acids is 2. The van der Waals surface area contributed by atoms with E-state index in [2.05, 4.69) is 26.1 Å². The van der Waals surface area contributed by atoms with E-state index in [9.17, 15) is 14.4 Å². The van der Waals surface area contributed by atoms with Crippen molar-refractivity contribution in [1.82, 2.24) is 0 Å². The van der Waals surface area contributed by atoms with Gasteiger partial charge in [-0.3, -0.25) is 4.79 Å². The maximum absolute atomic E-state index is 13.1. The van der Waals surface area contributed by atoms with Gasteiger partial charge in [-0.2, -0.15) is 0 Å². The van der Waals surface area contributed by atoms with Gasteiger partial charge < -0.3 is 14.5 Å². The standard InChI is InChI=1S/C25H26ClNO5S/c1-5-25(2,3)14-6-8-16-19(12-14)33-22(20(16)24(30)31-4)27-21(28)17-11-13-10-15(26)7-9-18(13)32-23(17)29/h7,9-11,14H,5-6,8,12H2,1-4H3,(H,27,28)/t14-/m0/s1. The Hall–Kier alpha value is -2.64. The average molecular weight is 488 g/mol. The van der Waals surface area contributed by atoms with E-state index in [1.54, 1.807) is 18.2 Å². The second-order valence-corrected chi connectivity index (χ2v) is 10.6. The highest BCUT2D eigenvalue weighted by molar-refractivity contribution is 7.17. The van der Waals surface area contributed by atoms with E-state index in [0.717, 1.165) is 36.1 Å². The molecule has 2 heterocycles. The molecular weight excluding hydrogens is 462 g/mol. The molecule has 33 heavy (non-hydrogen) atoms. The Balaban J connectivity index is 1.70. The van der Waals surface area contributed by atoms with Gasteiger partial charge >= 0.3 is 11.6 Å². The van der Waals surface area contributed by atoms with Gasteiger partial charge in [-0.05, 0) is 60.4 Å². The summed E-state index contributed by atoms with van der Waals surface area (Å²) in [5.74, 6) is -0.645. The van der Waals surface area contributed by atoms with Crippen LogP contribution in [0, 0.1) is 11.3 Å². The molecule has 3 aromatic rings. The van der Waals surface area contributed by atoms with E-state index in [-0.39, 0.29) is 11.0 Å². The predicted octanol–water partition coefficient (Wildman–Crippen LogP) is 6.09. The van der Waals surface area contributed by atoms with Gasteiger partial charge in [0.05, 0.1) is 12.7 Å². The molecule has 6 nitrogen and oxygen atoms in total. The largest absolute Gasteiger partial charge is 0.465 e. The fourth-order valence-corrected chi connectivity index (χ4v) is 5.86. The molecule has 0 radical (unpaired) electrons. The zero-order valence-electron chi connectivity index (χ0n) is 19.0. The third kappa shape index (κ3) is 4.44. The monoisotopic (exact) mass is 487 g/mol. The summed E-state index contributed by atoms with van der Waals surface area (Å²) in [5.41, 5.74) is 0.925. The molecule has 1 aliphatic rings. The van der Waals surface area contributed by atoms with Crippen LogP contribution >= 0.6 is 22.9 Å². The van der Waals surface area contributed by atoms with Gasteiger partial charge in [-0.15, -0.1) is 11.3 Å². The number of halogens is 1. The van der Waals surface area contributed by atoms with Crippen LogP contribution in [-0.2, 0) is 17.6 Å². The Morgan fingerprint density at radius 2 is 2.06 bits per heavy atom. The van der Waals surface area contributed by atoms with Crippen molar-refractivity contribution in [3.8, 4) is 0 Å². The van der Waals surface area contributed by atoms with Crippen molar-refractivity contribution in [3.63, 3.8) is 0 Å². The van der Waals surface area contributed by atoms with Crippen molar-refractivity contribution in [1.29, 1.82) is 0 Å². The number of amides is 1. The lowest BCUT2D eigenvalue weighted by atomic mass is 9.69. The summed E-state index contributed by atoms with van der Waals surface area (Å²) in [6.45, 7) is 6.73. The van der Waals surface area contributed by atoms with Crippen LogP contribution in [0.5, 0.6) is 0 Å². The molecular formula is C25H26ClNO5S. The highest BCUT2D eigenvalue weighted by Gasteiger charge is 2.35. The Morgan fingerprint density at radius 3 is 2.76 bits per heavy atom. The molecule has 1 N–H and O–H groups in total. The van der Waals surface area contributed by atoms with Crippen LogP contribution in [0.3, 0.4) is 0 Å². The molecule has 174 valence electrons. The van der Waals surface area contributed by atoms with E-state index in [0.29, 0.717) is 32.5 Å². The molecule has 0 aliphatic heterocycles. The lowest BCUT2D eigenvalue weighted by molar-refractivity contribution is 0.0600. The molecule has 8 heteroatoms. The number of fused-ring (bicyclic) bond motifs is 2. The van der Waals surface area contributed by atoms with Gasteiger partial charge in [0.1, 0.15) is 16.1 Å². The summed E-state index contributed by atoms with van der Waals surface area (Å²) >= 11 is 7.42. The number of anilines is 1. The number of hydrogen-bond donors (Lipinski definition) is 1. The molecule has 0 unspecified atom stereocenters. The number of benzene rings is 1. The van der Waals surface area contributed by atoms with Gasteiger partial charge in [-0.1, -0.05) is 38.8 Å². The first-order valence-corrected chi connectivity index (χ1v) is 12.1. The molecule has 0 saturated heterocycles. The lowest BCUT2D eigenvalue weighted by Gasteiger charge is -2.36. The number of ether oxygens (including phenoxy) is 1. The first-order valence-electron chi connectivity index (χ1n) is 10.9. The topological polar surface area (TPSA) is 85.6 Å². The zero-order chi connectivity index (χ0) is 23.9. The van der Waals surface area contributed by atoms with Crippen molar-refractivity contribution >= 4 is 50.8 Å². The number of hydrogen-bond acceptors (Lipinski definition) is 6. The number of carbonyl (C=O) groups is 2. The maximum atomic E-state index is 13.1.